The summed E-state index contributed by atoms with van der Waals surface area (Å²) in [5, 5.41) is 2.85. The van der Waals surface area contributed by atoms with E-state index in [2.05, 4.69) is 5.32 Å². The van der Waals surface area contributed by atoms with Crippen LogP contribution in [0.3, 0.4) is 0 Å². The smallest absolute Gasteiger partial charge is 0.243 e. The highest BCUT2D eigenvalue weighted by atomic mass is 32.2. The van der Waals surface area contributed by atoms with E-state index in [4.69, 9.17) is 9.47 Å². The lowest BCUT2D eigenvalue weighted by molar-refractivity contribution is -0.121. The van der Waals surface area contributed by atoms with Crippen molar-refractivity contribution in [3.63, 3.8) is 0 Å². The molecule has 2 aromatic carbocycles. The number of hydrogen-bond donors (Lipinski definition) is 1. The predicted molar refractivity (Wildman–Crippen MR) is 121 cm³/mol. The number of ether oxygens (including phenoxy) is 2. The van der Waals surface area contributed by atoms with Gasteiger partial charge in [-0.15, -0.1) is 0 Å². The third-order valence-corrected chi connectivity index (χ3v) is 6.78. The Balaban J connectivity index is 1.76. The lowest BCUT2D eigenvalue weighted by Gasteiger charge is -2.18. The number of benzene rings is 2. The second-order valence-electron chi connectivity index (χ2n) is 6.84. The summed E-state index contributed by atoms with van der Waals surface area (Å²) in [6.07, 6.45) is 0.915. The molecule has 0 aliphatic carbocycles. The lowest BCUT2D eigenvalue weighted by atomic mass is 10.2. The van der Waals surface area contributed by atoms with Crippen LogP contribution < -0.4 is 14.8 Å². The molecule has 8 heteroatoms. The summed E-state index contributed by atoms with van der Waals surface area (Å²) in [5.74, 6) is 1.28. The minimum Gasteiger partial charge on any atom is -0.490 e. The largest absolute Gasteiger partial charge is 0.490 e. The number of amides is 1. The second-order valence-corrected chi connectivity index (χ2v) is 8.78. The number of nitrogens with zero attached hydrogens (tertiary/aromatic N) is 1. The van der Waals surface area contributed by atoms with E-state index in [1.807, 2.05) is 45.0 Å². The average Bonchev–Trinajstić information content (AvgIpc) is 2.77. The van der Waals surface area contributed by atoms with Gasteiger partial charge in [0.15, 0.2) is 11.5 Å². The van der Waals surface area contributed by atoms with Gasteiger partial charge in [-0.3, -0.25) is 4.79 Å². The van der Waals surface area contributed by atoms with Crippen molar-refractivity contribution in [3.8, 4) is 11.5 Å². The van der Waals surface area contributed by atoms with Crippen LogP contribution in [0.2, 0.25) is 0 Å². The van der Waals surface area contributed by atoms with Crippen molar-refractivity contribution in [3.05, 3.63) is 54.1 Å². The van der Waals surface area contributed by atoms with Crippen molar-refractivity contribution in [2.75, 3.05) is 26.3 Å². The normalized spacial score (nSPS) is 11.4. The zero-order valence-corrected chi connectivity index (χ0v) is 19.3. The van der Waals surface area contributed by atoms with E-state index in [-0.39, 0.29) is 10.8 Å². The summed E-state index contributed by atoms with van der Waals surface area (Å²) in [6, 6.07) is 14.1. The zero-order valence-electron chi connectivity index (χ0n) is 18.5. The van der Waals surface area contributed by atoms with Crippen LogP contribution in [0, 0.1) is 0 Å². The summed E-state index contributed by atoms with van der Waals surface area (Å²) in [4.78, 5) is 12.4. The third-order valence-electron chi connectivity index (χ3n) is 4.71. The van der Waals surface area contributed by atoms with Gasteiger partial charge in [0.2, 0.25) is 15.9 Å². The summed E-state index contributed by atoms with van der Waals surface area (Å²) < 4.78 is 37.7. The standard InChI is InChI=1S/C23H32N2O5S/c1-4-25(5-2)31(27,28)20-15-13-19(14-16-20)18-24-23(26)12-9-17-30-22-11-8-7-10-21(22)29-6-3/h7-8,10-11,13-16H,4-6,9,12,17-18H2,1-3H3,(H,24,26). The molecule has 2 rings (SSSR count). The maximum Gasteiger partial charge on any atom is 0.243 e. The van der Waals surface area contributed by atoms with E-state index < -0.39 is 10.0 Å². The molecule has 0 aliphatic rings. The average molecular weight is 449 g/mol. The highest BCUT2D eigenvalue weighted by molar-refractivity contribution is 7.89. The van der Waals surface area contributed by atoms with E-state index >= 15 is 0 Å². The molecule has 0 aromatic heterocycles. The van der Waals surface area contributed by atoms with Crippen LogP contribution in [-0.4, -0.2) is 44.9 Å². The van der Waals surface area contributed by atoms with Gasteiger partial charge in [0.05, 0.1) is 18.1 Å². The first kappa shape index (κ1) is 24.7. The first-order valence-corrected chi connectivity index (χ1v) is 12.1. The highest BCUT2D eigenvalue weighted by Crippen LogP contribution is 2.26. The van der Waals surface area contributed by atoms with Gasteiger partial charge < -0.3 is 14.8 Å². The first-order valence-electron chi connectivity index (χ1n) is 10.6. The minimum atomic E-state index is -3.47. The highest BCUT2D eigenvalue weighted by Gasteiger charge is 2.21. The van der Waals surface area contributed by atoms with Gasteiger partial charge in [0, 0.05) is 26.1 Å². The van der Waals surface area contributed by atoms with Gasteiger partial charge in [-0.05, 0) is 43.2 Å². The maximum absolute atomic E-state index is 12.5. The van der Waals surface area contributed by atoms with E-state index in [0.29, 0.717) is 57.2 Å². The molecule has 0 atom stereocenters. The molecular formula is C23H32N2O5S. The van der Waals surface area contributed by atoms with Crippen molar-refractivity contribution in [2.45, 2.75) is 45.1 Å². The number of nitrogens with one attached hydrogen (secondary N) is 1. The Hall–Kier alpha value is -2.58. The zero-order chi connectivity index (χ0) is 22.7. The molecule has 0 spiro atoms. The molecule has 2 aromatic rings. The van der Waals surface area contributed by atoms with E-state index in [9.17, 15) is 13.2 Å². The Morgan fingerprint density at radius 3 is 2.13 bits per heavy atom. The molecule has 0 unspecified atom stereocenters. The third kappa shape index (κ3) is 7.25. The summed E-state index contributed by atoms with van der Waals surface area (Å²) in [6.45, 7) is 7.72. The number of para-hydroxylation sites is 2. The monoisotopic (exact) mass is 448 g/mol. The van der Waals surface area contributed by atoms with Gasteiger partial charge in [-0.25, -0.2) is 8.42 Å². The Morgan fingerprint density at radius 2 is 1.55 bits per heavy atom. The van der Waals surface area contributed by atoms with Crippen molar-refractivity contribution < 1.29 is 22.7 Å². The molecule has 0 saturated carbocycles. The molecule has 1 N–H and O–H groups in total. The van der Waals surface area contributed by atoms with Crippen LogP contribution >= 0.6 is 0 Å². The van der Waals surface area contributed by atoms with Crippen LogP contribution in [0.25, 0.3) is 0 Å². The quantitative estimate of drug-likeness (QED) is 0.474. The SMILES string of the molecule is CCOc1ccccc1OCCCC(=O)NCc1ccc(S(=O)(=O)N(CC)CC)cc1. The fraction of sp³-hybridized carbons (Fsp3) is 0.435. The molecule has 0 radical (unpaired) electrons. The van der Waals surface area contributed by atoms with Crippen LogP contribution in [0.5, 0.6) is 11.5 Å². The van der Waals surface area contributed by atoms with Crippen molar-refractivity contribution in [1.29, 1.82) is 0 Å². The molecule has 0 aliphatic heterocycles. The molecule has 0 saturated heterocycles. The van der Waals surface area contributed by atoms with Crippen molar-refractivity contribution >= 4 is 15.9 Å². The molecule has 7 nitrogen and oxygen atoms in total. The molecule has 0 bridgehead atoms. The Morgan fingerprint density at radius 1 is 0.935 bits per heavy atom. The molecule has 31 heavy (non-hydrogen) atoms. The fourth-order valence-corrected chi connectivity index (χ4v) is 4.50. The second kappa shape index (κ2) is 12.3. The number of carbonyl (C=O) groups is 1. The van der Waals surface area contributed by atoms with Gasteiger partial charge in [-0.1, -0.05) is 38.1 Å². The molecular weight excluding hydrogens is 416 g/mol. The number of hydrogen-bond acceptors (Lipinski definition) is 5. The lowest BCUT2D eigenvalue weighted by Crippen LogP contribution is -2.30. The predicted octanol–water partition coefficient (Wildman–Crippen LogP) is 3.59. The number of carbonyl (C=O) groups excluding carboxylic acids is 1. The molecule has 170 valence electrons. The summed E-state index contributed by atoms with van der Waals surface area (Å²) in [7, 11) is -3.47. The van der Waals surface area contributed by atoms with Gasteiger partial charge in [0.25, 0.3) is 0 Å². The summed E-state index contributed by atoms with van der Waals surface area (Å²) in [5.41, 5.74) is 0.841. The van der Waals surface area contributed by atoms with Crippen LogP contribution in [0.4, 0.5) is 0 Å². The number of rotatable bonds is 13. The van der Waals surface area contributed by atoms with Crippen LogP contribution in [0.1, 0.15) is 39.2 Å². The minimum absolute atomic E-state index is 0.0819. The van der Waals surface area contributed by atoms with E-state index in [1.165, 1.54) is 4.31 Å². The van der Waals surface area contributed by atoms with E-state index in [1.54, 1.807) is 24.3 Å². The molecule has 0 fully saturated rings. The molecule has 0 heterocycles. The Labute approximate surface area is 185 Å². The number of sulfonamides is 1. The maximum atomic E-state index is 12.5. The topological polar surface area (TPSA) is 84.9 Å². The van der Waals surface area contributed by atoms with E-state index in [0.717, 1.165) is 5.56 Å². The fourth-order valence-electron chi connectivity index (χ4n) is 3.04. The Kier molecular flexibility index (Phi) is 9.81. The Bertz CT molecular complexity index is 925. The van der Waals surface area contributed by atoms with Crippen LogP contribution in [0.15, 0.2) is 53.4 Å². The van der Waals surface area contributed by atoms with Gasteiger partial charge in [-0.2, -0.15) is 4.31 Å². The van der Waals surface area contributed by atoms with Crippen LogP contribution in [-0.2, 0) is 21.4 Å². The summed E-state index contributed by atoms with van der Waals surface area (Å²) >= 11 is 0. The van der Waals surface area contributed by atoms with Crippen molar-refractivity contribution in [2.24, 2.45) is 0 Å². The van der Waals surface area contributed by atoms with Crippen molar-refractivity contribution in [1.82, 2.24) is 9.62 Å². The van der Waals surface area contributed by atoms with Gasteiger partial charge in [0.1, 0.15) is 0 Å². The van der Waals surface area contributed by atoms with Gasteiger partial charge >= 0.3 is 0 Å². The first-order chi connectivity index (χ1) is 14.9. The molecule has 1 amide bonds.